The Bertz CT molecular complexity index is 1480. The molecule has 3 heterocycles. The van der Waals surface area contributed by atoms with Crippen molar-refractivity contribution in [1.29, 1.82) is 0 Å². The molecule has 2 saturated heterocycles. The van der Waals surface area contributed by atoms with Gasteiger partial charge in [-0.3, -0.25) is 24.1 Å². The maximum absolute atomic E-state index is 13.2. The minimum absolute atomic E-state index is 0. The van der Waals surface area contributed by atoms with Gasteiger partial charge in [0.15, 0.2) is 0 Å². The van der Waals surface area contributed by atoms with E-state index in [0.29, 0.717) is 29.1 Å². The average Bonchev–Trinajstić information content (AvgIpc) is 3.39. The number of nitrogens with one attached hydrogen (secondary N) is 3. The quantitative estimate of drug-likeness (QED) is 0.144. The molecule has 14 heteroatoms. The molecule has 2 aromatic carbocycles. The number of hydrogen-bond acceptors (Lipinski definition) is 7. The van der Waals surface area contributed by atoms with Gasteiger partial charge < -0.3 is 21.1 Å². The van der Waals surface area contributed by atoms with E-state index in [4.69, 9.17) is 0 Å². The predicted molar refractivity (Wildman–Crippen MR) is 158 cm³/mol. The molecular formula is C28H26FN4NaO6S2. The fraction of sp³-hybridized carbons (Fsp3) is 0.250. The number of carbonyl (C=O) groups excluding carboxylic acids is 4. The van der Waals surface area contributed by atoms with E-state index in [1.54, 1.807) is 42.5 Å². The molecule has 2 atom stereocenters. The maximum atomic E-state index is 13.2. The van der Waals surface area contributed by atoms with Crippen molar-refractivity contribution in [2.45, 2.75) is 29.2 Å². The molecule has 5 rings (SSSR count). The van der Waals surface area contributed by atoms with Gasteiger partial charge in [-0.2, -0.15) is 0 Å². The topological polar surface area (TPSA) is 145 Å². The second kappa shape index (κ2) is 13.9. The van der Waals surface area contributed by atoms with E-state index in [1.807, 2.05) is 0 Å². The SMILES string of the molecule is O=C(CC(=C1CCNC1=O)C1=C(C(=O)O)N2C(=O)[C@@H](NC(=O)CSc3ccc(F)cc3)[C@H]2SC1)Nc1ccccc1.[NaH]. The van der Waals surface area contributed by atoms with Gasteiger partial charge in [-0.15, -0.1) is 23.5 Å². The van der Waals surface area contributed by atoms with E-state index >= 15 is 0 Å². The summed E-state index contributed by atoms with van der Waals surface area (Å²) < 4.78 is 13.1. The molecule has 0 aromatic heterocycles. The van der Waals surface area contributed by atoms with Crippen molar-refractivity contribution in [3.05, 3.63) is 82.8 Å². The number of benzene rings is 2. The van der Waals surface area contributed by atoms with Crippen LogP contribution in [0, 0.1) is 5.82 Å². The number of nitrogens with zero attached hydrogens (tertiary/aromatic N) is 1. The Morgan fingerprint density at radius 2 is 1.79 bits per heavy atom. The Hall–Kier alpha value is -3.10. The molecule has 2 fully saturated rings. The molecule has 3 aliphatic heterocycles. The molecule has 0 radical (unpaired) electrons. The van der Waals surface area contributed by atoms with Crippen molar-refractivity contribution in [2.75, 3.05) is 23.4 Å². The van der Waals surface area contributed by atoms with Crippen LogP contribution in [-0.4, -0.2) is 98.6 Å². The summed E-state index contributed by atoms with van der Waals surface area (Å²) in [7, 11) is 0. The number of amides is 4. The summed E-state index contributed by atoms with van der Waals surface area (Å²) in [6.45, 7) is 0.357. The van der Waals surface area contributed by atoms with Gasteiger partial charge in [0.25, 0.3) is 5.91 Å². The number of aliphatic carboxylic acids is 1. The van der Waals surface area contributed by atoms with E-state index in [1.165, 1.54) is 35.7 Å². The molecule has 0 spiro atoms. The second-order valence-electron chi connectivity index (χ2n) is 9.38. The van der Waals surface area contributed by atoms with Crippen LogP contribution in [0.25, 0.3) is 0 Å². The summed E-state index contributed by atoms with van der Waals surface area (Å²) in [5, 5.41) is 17.6. The fourth-order valence-electron chi connectivity index (χ4n) is 4.84. The summed E-state index contributed by atoms with van der Waals surface area (Å²) in [5.41, 5.74) is 1.10. The van der Waals surface area contributed by atoms with Gasteiger partial charge in [0.2, 0.25) is 17.7 Å². The first-order valence-electron chi connectivity index (χ1n) is 12.7. The molecule has 42 heavy (non-hydrogen) atoms. The number of carboxylic acids is 1. The summed E-state index contributed by atoms with van der Waals surface area (Å²) >= 11 is 2.43. The van der Waals surface area contributed by atoms with Crippen LogP contribution in [0.3, 0.4) is 0 Å². The van der Waals surface area contributed by atoms with Crippen molar-refractivity contribution in [1.82, 2.24) is 15.5 Å². The number of hydrogen-bond donors (Lipinski definition) is 4. The Kier molecular flexibility index (Phi) is 10.5. The first kappa shape index (κ1) is 31.8. The van der Waals surface area contributed by atoms with Gasteiger partial charge in [0.1, 0.15) is 22.9 Å². The average molecular weight is 621 g/mol. The summed E-state index contributed by atoms with van der Waals surface area (Å²) in [5.74, 6) is -3.47. The van der Waals surface area contributed by atoms with Gasteiger partial charge in [-0.05, 0) is 54.0 Å². The van der Waals surface area contributed by atoms with E-state index < -0.39 is 35.1 Å². The van der Waals surface area contributed by atoms with Gasteiger partial charge in [-0.25, -0.2) is 9.18 Å². The molecule has 3 aliphatic rings. The van der Waals surface area contributed by atoms with Gasteiger partial charge >= 0.3 is 35.5 Å². The minimum atomic E-state index is -1.37. The second-order valence-corrected chi connectivity index (χ2v) is 11.5. The fourth-order valence-corrected chi connectivity index (χ4v) is 6.93. The number of carboxylic acid groups (broad SMARTS) is 1. The molecule has 0 bridgehead atoms. The van der Waals surface area contributed by atoms with E-state index in [9.17, 15) is 33.5 Å². The number of para-hydroxylation sites is 1. The number of halogens is 1. The zero-order valence-electron chi connectivity index (χ0n) is 21.5. The molecule has 4 N–H and O–H groups in total. The van der Waals surface area contributed by atoms with Crippen molar-refractivity contribution < 1.29 is 33.5 Å². The van der Waals surface area contributed by atoms with Crippen LogP contribution in [0.2, 0.25) is 0 Å². The number of thioether (sulfide) groups is 2. The van der Waals surface area contributed by atoms with Crippen molar-refractivity contribution in [2.24, 2.45) is 0 Å². The summed E-state index contributed by atoms with van der Waals surface area (Å²) in [6, 6.07) is 13.5. The Morgan fingerprint density at radius 3 is 2.43 bits per heavy atom. The third kappa shape index (κ3) is 6.92. The normalized spacial score (nSPS) is 20.5. The van der Waals surface area contributed by atoms with Crippen LogP contribution in [0.15, 0.2) is 81.9 Å². The first-order chi connectivity index (χ1) is 19.7. The van der Waals surface area contributed by atoms with Crippen LogP contribution < -0.4 is 16.0 Å². The number of rotatable bonds is 9. The molecule has 2 aromatic rings. The monoisotopic (exact) mass is 620 g/mol. The third-order valence-electron chi connectivity index (χ3n) is 6.73. The van der Waals surface area contributed by atoms with Crippen molar-refractivity contribution >= 4 is 88.4 Å². The molecule has 0 aliphatic carbocycles. The number of carbonyl (C=O) groups is 5. The number of anilines is 1. The van der Waals surface area contributed by atoms with E-state index in [2.05, 4.69) is 16.0 Å². The standard InChI is InChI=1S/C28H25FN4O6S2.Na.H/c29-15-6-8-17(9-7-15)40-14-22(35)32-23-26(37)33-24(28(38)39)20(13-41-27(23)33)19(18-10-11-30-25(18)36)12-21(34)31-16-4-2-1-3-5-16;;/h1-9,23,27H,10-14H2,(H,30,36)(H,31,34)(H,32,35)(H,38,39);;/t23-,27-;;/m1../s1. The molecule has 10 nitrogen and oxygen atoms in total. The van der Waals surface area contributed by atoms with Crippen LogP contribution in [0.4, 0.5) is 10.1 Å². The van der Waals surface area contributed by atoms with E-state index in [-0.39, 0.29) is 76.1 Å². The zero-order valence-corrected chi connectivity index (χ0v) is 23.1. The molecule has 0 saturated carbocycles. The Balaban J connectivity index is 0.00000405. The first-order valence-corrected chi connectivity index (χ1v) is 14.7. The van der Waals surface area contributed by atoms with Gasteiger partial charge in [0, 0.05) is 28.5 Å². The predicted octanol–water partition coefficient (Wildman–Crippen LogP) is 1.85. The van der Waals surface area contributed by atoms with Crippen LogP contribution in [0.1, 0.15) is 12.8 Å². The number of fused-ring (bicyclic) bond motifs is 1. The molecular weight excluding hydrogens is 594 g/mol. The summed E-state index contributed by atoms with van der Waals surface area (Å²) in [4.78, 5) is 65.6. The van der Waals surface area contributed by atoms with Crippen molar-refractivity contribution in [3.63, 3.8) is 0 Å². The van der Waals surface area contributed by atoms with Gasteiger partial charge in [0.05, 0.1) is 12.2 Å². The van der Waals surface area contributed by atoms with Gasteiger partial charge in [-0.1, -0.05) is 18.2 Å². The van der Waals surface area contributed by atoms with Crippen LogP contribution in [0.5, 0.6) is 0 Å². The Morgan fingerprint density at radius 1 is 1.07 bits per heavy atom. The van der Waals surface area contributed by atoms with Crippen molar-refractivity contribution in [3.8, 4) is 0 Å². The summed E-state index contributed by atoms with van der Waals surface area (Å²) in [6.07, 6.45) is 0.0629. The molecule has 4 amide bonds. The van der Waals surface area contributed by atoms with E-state index in [0.717, 1.165) is 4.90 Å². The zero-order chi connectivity index (χ0) is 29.1. The van der Waals surface area contributed by atoms with Crippen LogP contribution in [-0.2, 0) is 24.0 Å². The Labute approximate surface area is 271 Å². The molecule has 214 valence electrons. The molecule has 0 unspecified atom stereocenters. The third-order valence-corrected chi connectivity index (χ3v) is 9.02. The van der Waals surface area contributed by atoms with Crippen LogP contribution >= 0.6 is 23.5 Å². The number of β-lactam (4-membered cyclic amide) rings is 1.